The van der Waals surface area contributed by atoms with Crippen LogP contribution in [0, 0.1) is 18.5 Å². The van der Waals surface area contributed by atoms with Gasteiger partial charge in [0.05, 0.1) is 21.9 Å². The van der Waals surface area contributed by atoms with Crippen LogP contribution >= 0.6 is 56.5 Å². The number of phenolic OH excluding ortho intramolecular Hbond substituents is 1. The van der Waals surface area contributed by atoms with Gasteiger partial charge < -0.3 is 14.8 Å². The molecule has 0 bridgehead atoms. The second kappa shape index (κ2) is 10.1. The maximum atomic E-state index is 13.3. The third-order valence-corrected chi connectivity index (χ3v) is 8.69. The number of phenols is 1. The molecule has 2 heterocycles. The van der Waals surface area contributed by atoms with Gasteiger partial charge in [-0.05, 0) is 106 Å². The number of hydrogen-bond acceptors (Lipinski definition) is 5. The highest BCUT2D eigenvalue weighted by molar-refractivity contribution is 14.1. The predicted molar refractivity (Wildman–Crippen MR) is 150 cm³/mol. The standard InChI is InChI=1S/C25H26I2N2O3S/c1-25(2,3)15-6-7-18-20(10-15)33-24(21(18)23(31)28-13-17-5-4-8-32-17)29-12-14-9-16(26)11-19(27)22(14)30/h4-5,8-9,11-12,15,30H,6-7,10,13H2,1-3H3,(H,28,31)/t15-/m1/s1. The number of nitrogens with one attached hydrogen (secondary N) is 1. The number of rotatable bonds is 5. The molecule has 0 aliphatic heterocycles. The zero-order chi connectivity index (χ0) is 23.8. The van der Waals surface area contributed by atoms with E-state index in [1.54, 1.807) is 23.8 Å². The van der Waals surface area contributed by atoms with Gasteiger partial charge in [0.1, 0.15) is 16.5 Å². The van der Waals surface area contributed by atoms with Gasteiger partial charge >= 0.3 is 0 Å². The van der Waals surface area contributed by atoms with Crippen molar-refractivity contribution in [2.24, 2.45) is 16.3 Å². The summed E-state index contributed by atoms with van der Waals surface area (Å²) >= 11 is 5.94. The minimum atomic E-state index is -0.133. The van der Waals surface area contributed by atoms with Crippen LogP contribution in [0.5, 0.6) is 5.75 Å². The summed E-state index contributed by atoms with van der Waals surface area (Å²) in [4.78, 5) is 19.3. The Morgan fingerprint density at radius 1 is 1.36 bits per heavy atom. The van der Waals surface area contributed by atoms with E-state index in [2.05, 4.69) is 71.3 Å². The van der Waals surface area contributed by atoms with Crippen LogP contribution in [0.1, 0.15) is 59.3 Å². The molecule has 1 aromatic carbocycles. The molecule has 2 N–H and O–H groups in total. The number of aliphatic imine (C=N–C) groups is 1. The zero-order valence-corrected chi connectivity index (χ0v) is 23.9. The fourth-order valence-corrected chi connectivity index (χ4v) is 7.28. The Labute approximate surface area is 225 Å². The molecule has 33 heavy (non-hydrogen) atoms. The van der Waals surface area contributed by atoms with Crippen LogP contribution in [0.4, 0.5) is 5.00 Å². The van der Waals surface area contributed by atoms with E-state index in [1.807, 2.05) is 24.3 Å². The van der Waals surface area contributed by atoms with Gasteiger partial charge in [-0.3, -0.25) is 4.79 Å². The third kappa shape index (κ3) is 5.64. The monoisotopic (exact) mass is 688 g/mol. The minimum Gasteiger partial charge on any atom is -0.506 e. The number of hydrogen-bond donors (Lipinski definition) is 2. The van der Waals surface area contributed by atoms with Crippen molar-refractivity contribution >= 4 is 73.6 Å². The molecule has 0 saturated heterocycles. The number of halogens is 2. The number of thiophene rings is 1. The van der Waals surface area contributed by atoms with E-state index in [0.717, 1.165) is 32.0 Å². The summed E-state index contributed by atoms with van der Waals surface area (Å²) in [5.41, 5.74) is 2.64. The Kier molecular flexibility index (Phi) is 7.54. The van der Waals surface area contributed by atoms with Gasteiger partial charge in [-0.25, -0.2) is 4.99 Å². The molecule has 2 aromatic heterocycles. The number of carbonyl (C=O) groups excluding carboxylic acids is 1. The number of carbonyl (C=O) groups is 1. The molecule has 1 atom stereocenters. The fraction of sp³-hybridized carbons (Fsp3) is 0.360. The van der Waals surface area contributed by atoms with Crippen molar-refractivity contribution in [3.8, 4) is 5.75 Å². The highest BCUT2D eigenvalue weighted by atomic mass is 127. The van der Waals surface area contributed by atoms with Gasteiger partial charge in [0.15, 0.2) is 0 Å². The number of nitrogens with zero attached hydrogens (tertiary/aromatic N) is 1. The molecule has 0 fully saturated rings. The van der Waals surface area contributed by atoms with Crippen LogP contribution < -0.4 is 5.32 Å². The molecule has 3 aromatic rings. The Hall–Kier alpha value is -1.40. The van der Waals surface area contributed by atoms with Gasteiger partial charge in [0.2, 0.25) is 0 Å². The predicted octanol–water partition coefficient (Wildman–Crippen LogP) is 7.09. The summed E-state index contributed by atoms with van der Waals surface area (Å²) in [6.07, 6.45) is 6.17. The lowest BCUT2D eigenvalue weighted by molar-refractivity contribution is 0.0947. The van der Waals surface area contributed by atoms with Crippen molar-refractivity contribution in [2.75, 3.05) is 0 Å². The van der Waals surface area contributed by atoms with Crippen molar-refractivity contribution in [1.29, 1.82) is 0 Å². The number of fused-ring (bicyclic) bond motifs is 1. The van der Waals surface area contributed by atoms with Crippen LogP contribution in [0.15, 0.2) is 39.9 Å². The number of furan rings is 1. The summed E-state index contributed by atoms with van der Waals surface area (Å²) in [5.74, 6) is 1.36. The Morgan fingerprint density at radius 2 is 2.15 bits per heavy atom. The molecular formula is C25H26I2N2O3S. The molecule has 0 spiro atoms. The van der Waals surface area contributed by atoms with Crippen molar-refractivity contribution in [1.82, 2.24) is 5.32 Å². The summed E-state index contributed by atoms with van der Waals surface area (Å²) in [7, 11) is 0. The average Bonchev–Trinajstić information content (AvgIpc) is 3.39. The highest BCUT2D eigenvalue weighted by Crippen LogP contribution is 2.45. The molecule has 174 valence electrons. The first-order valence-corrected chi connectivity index (χ1v) is 13.8. The molecular weight excluding hydrogens is 662 g/mol. The lowest BCUT2D eigenvalue weighted by atomic mass is 9.72. The van der Waals surface area contributed by atoms with Crippen LogP contribution in [0.25, 0.3) is 0 Å². The largest absolute Gasteiger partial charge is 0.506 e. The van der Waals surface area contributed by atoms with Gasteiger partial charge in [0.25, 0.3) is 5.91 Å². The van der Waals surface area contributed by atoms with Gasteiger partial charge in [0, 0.05) is 20.2 Å². The summed E-state index contributed by atoms with van der Waals surface area (Å²) in [5, 5.41) is 14.2. The molecule has 1 aliphatic carbocycles. The molecule has 4 rings (SSSR count). The van der Waals surface area contributed by atoms with Crippen LogP contribution in [-0.2, 0) is 19.4 Å². The SMILES string of the molecule is CC(C)(C)[C@@H]1CCc2c(sc(N=Cc3cc(I)cc(I)c3O)c2C(=O)NCc2ccco2)C1. The van der Waals surface area contributed by atoms with Crippen molar-refractivity contribution in [3.05, 3.63) is 65.0 Å². The molecule has 0 radical (unpaired) electrons. The second-order valence-corrected chi connectivity index (χ2v) is 12.8. The molecule has 5 nitrogen and oxygen atoms in total. The van der Waals surface area contributed by atoms with E-state index in [4.69, 9.17) is 9.41 Å². The quantitative estimate of drug-likeness (QED) is 0.222. The minimum absolute atomic E-state index is 0.133. The zero-order valence-electron chi connectivity index (χ0n) is 18.7. The van der Waals surface area contributed by atoms with Crippen molar-refractivity contribution in [2.45, 2.75) is 46.6 Å². The molecule has 1 amide bonds. The van der Waals surface area contributed by atoms with Crippen molar-refractivity contribution in [3.63, 3.8) is 0 Å². The van der Waals surface area contributed by atoms with Crippen LogP contribution in [0.2, 0.25) is 0 Å². The lowest BCUT2D eigenvalue weighted by Crippen LogP contribution is -2.28. The van der Waals surface area contributed by atoms with E-state index in [9.17, 15) is 9.90 Å². The van der Waals surface area contributed by atoms with E-state index in [0.29, 0.717) is 34.4 Å². The maximum Gasteiger partial charge on any atom is 0.255 e. The van der Waals surface area contributed by atoms with E-state index in [-0.39, 0.29) is 17.1 Å². The first-order valence-electron chi connectivity index (χ1n) is 10.8. The molecule has 1 aliphatic rings. The first-order chi connectivity index (χ1) is 15.6. The average molecular weight is 688 g/mol. The summed E-state index contributed by atoms with van der Waals surface area (Å²) < 4.78 is 7.16. The third-order valence-electron chi connectivity index (χ3n) is 6.08. The summed E-state index contributed by atoms with van der Waals surface area (Å²) in [6, 6.07) is 7.46. The Bertz CT molecular complexity index is 1190. The first kappa shape index (κ1) is 24.7. The number of amides is 1. The van der Waals surface area contributed by atoms with Gasteiger partial charge in [-0.2, -0.15) is 0 Å². The maximum absolute atomic E-state index is 13.3. The van der Waals surface area contributed by atoms with Gasteiger partial charge in [-0.1, -0.05) is 20.8 Å². The van der Waals surface area contributed by atoms with E-state index in [1.165, 1.54) is 4.88 Å². The highest BCUT2D eigenvalue weighted by Gasteiger charge is 2.33. The topological polar surface area (TPSA) is 74.8 Å². The Balaban J connectivity index is 1.69. The normalized spacial score (nSPS) is 16.2. The smallest absolute Gasteiger partial charge is 0.255 e. The van der Waals surface area contributed by atoms with Crippen LogP contribution in [0.3, 0.4) is 0 Å². The Morgan fingerprint density at radius 3 is 2.85 bits per heavy atom. The van der Waals surface area contributed by atoms with E-state index < -0.39 is 0 Å². The fourth-order valence-electron chi connectivity index (χ4n) is 4.12. The molecule has 0 saturated carbocycles. The van der Waals surface area contributed by atoms with Gasteiger partial charge in [-0.15, -0.1) is 11.3 Å². The second-order valence-electron chi connectivity index (χ2n) is 9.34. The summed E-state index contributed by atoms with van der Waals surface area (Å²) in [6.45, 7) is 7.19. The number of benzene rings is 1. The molecule has 8 heteroatoms. The lowest BCUT2D eigenvalue weighted by Gasteiger charge is -2.33. The van der Waals surface area contributed by atoms with E-state index >= 15 is 0 Å². The number of aromatic hydroxyl groups is 1. The van der Waals surface area contributed by atoms with Crippen molar-refractivity contribution < 1.29 is 14.3 Å². The molecule has 0 unspecified atom stereocenters. The van der Waals surface area contributed by atoms with Crippen LogP contribution in [-0.4, -0.2) is 17.2 Å².